The van der Waals surface area contributed by atoms with E-state index in [1.165, 1.54) is 11.3 Å². The van der Waals surface area contributed by atoms with Crippen molar-refractivity contribution in [3.8, 4) is 10.6 Å². The number of carbonyl (C=O) groups is 1. The Morgan fingerprint density at radius 2 is 2.27 bits per heavy atom. The molecule has 1 aliphatic rings. The van der Waals surface area contributed by atoms with E-state index >= 15 is 0 Å². The Hall–Kier alpha value is -1.76. The van der Waals surface area contributed by atoms with Gasteiger partial charge in [-0.1, -0.05) is 5.16 Å². The van der Waals surface area contributed by atoms with E-state index in [2.05, 4.69) is 5.16 Å². The summed E-state index contributed by atoms with van der Waals surface area (Å²) in [5.74, 6) is -0.378. The molecule has 1 amide bonds. The van der Waals surface area contributed by atoms with E-state index in [0.717, 1.165) is 42.0 Å². The Bertz CT molecular complexity index is 668. The standard InChI is InChI=1S/C15H16F2N2O2S/c1-9-13(18-21-14(9)15(16)17)12-6-5-11(22-12)10-4-2-3-7-19(10)8-20/h5-6,8,10,15H,2-4,7H2,1H3. The minimum absolute atomic E-state index is 0.0757. The van der Waals surface area contributed by atoms with Crippen molar-refractivity contribution in [1.29, 1.82) is 0 Å². The maximum atomic E-state index is 12.8. The van der Waals surface area contributed by atoms with E-state index < -0.39 is 6.43 Å². The molecule has 1 aliphatic heterocycles. The average molecular weight is 326 g/mol. The number of nitrogens with zero attached hydrogens (tertiary/aromatic N) is 2. The lowest BCUT2D eigenvalue weighted by Crippen LogP contribution is -2.31. The van der Waals surface area contributed by atoms with Crippen molar-refractivity contribution >= 4 is 17.7 Å². The van der Waals surface area contributed by atoms with Crippen LogP contribution in [0.3, 0.4) is 0 Å². The second-order valence-corrected chi connectivity index (χ2v) is 6.49. The number of rotatable bonds is 4. The first-order valence-corrected chi connectivity index (χ1v) is 7.99. The van der Waals surface area contributed by atoms with Crippen LogP contribution in [-0.4, -0.2) is 23.0 Å². The highest BCUT2D eigenvalue weighted by Gasteiger charge is 2.26. The molecule has 3 rings (SSSR count). The minimum atomic E-state index is -2.66. The summed E-state index contributed by atoms with van der Waals surface area (Å²) in [6, 6.07) is 3.88. The molecule has 0 aromatic carbocycles. The largest absolute Gasteiger partial charge is 0.354 e. The van der Waals surface area contributed by atoms with Gasteiger partial charge < -0.3 is 9.42 Å². The first-order chi connectivity index (χ1) is 10.6. The highest BCUT2D eigenvalue weighted by molar-refractivity contribution is 7.15. The summed E-state index contributed by atoms with van der Waals surface area (Å²) in [4.78, 5) is 14.8. The van der Waals surface area contributed by atoms with Crippen LogP contribution >= 0.6 is 11.3 Å². The average Bonchev–Trinajstić information content (AvgIpc) is 3.13. The van der Waals surface area contributed by atoms with Crippen molar-refractivity contribution in [3.05, 3.63) is 28.3 Å². The van der Waals surface area contributed by atoms with Crippen LogP contribution in [0.25, 0.3) is 10.6 Å². The third kappa shape index (κ3) is 2.65. The second-order valence-electron chi connectivity index (χ2n) is 5.38. The van der Waals surface area contributed by atoms with Crippen molar-refractivity contribution in [2.24, 2.45) is 0 Å². The maximum Gasteiger partial charge on any atom is 0.298 e. The number of carbonyl (C=O) groups excluding carboxylic acids is 1. The highest BCUT2D eigenvalue weighted by atomic mass is 32.1. The van der Waals surface area contributed by atoms with Crippen molar-refractivity contribution in [1.82, 2.24) is 10.1 Å². The van der Waals surface area contributed by atoms with Gasteiger partial charge in [-0.05, 0) is 38.3 Å². The van der Waals surface area contributed by atoms with Crippen molar-refractivity contribution in [3.63, 3.8) is 0 Å². The number of thiophene rings is 1. The number of amides is 1. The molecular weight excluding hydrogens is 310 g/mol. The predicted octanol–water partition coefficient (Wildman–Crippen LogP) is 4.33. The summed E-state index contributed by atoms with van der Waals surface area (Å²) < 4.78 is 30.3. The SMILES string of the molecule is Cc1c(-c2ccc(C3CCCCN3C=O)s2)noc1C(F)F. The molecule has 3 heterocycles. The van der Waals surface area contributed by atoms with Gasteiger partial charge in [-0.25, -0.2) is 8.78 Å². The maximum absolute atomic E-state index is 12.8. The number of hydrogen-bond donors (Lipinski definition) is 0. The molecule has 0 spiro atoms. The van der Waals surface area contributed by atoms with Gasteiger partial charge in [0.25, 0.3) is 6.43 Å². The quantitative estimate of drug-likeness (QED) is 0.786. The number of aromatic nitrogens is 1. The zero-order valence-corrected chi connectivity index (χ0v) is 12.9. The lowest BCUT2D eigenvalue weighted by molar-refractivity contribution is -0.121. The summed E-state index contributed by atoms with van der Waals surface area (Å²) in [6.07, 6.45) is 1.26. The van der Waals surface area contributed by atoms with E-state index in [4.69, 9.17) is 4.52 Å². The molecule has 7 heteroatoms. The van der Waals surface area contributed by atoms with Crippen LogP contribution in [0.1, 0.15) is 47.9 Å². The van der Waals surface area contributed by atoms with E-state index in [-0.39, 0.29) is 11.8 Å². The molecule has 0 N–H and O–H groups in total. The molecule has 0 saturated carbocycles. The zero-order valence-electron chi connectivity index (χ0n) is 12.1. The van der Waals surface area contributed by atoms with Gasteiger partial charge >= 0.3 is 0 Å². The number of hydrogen-bond acceptors (Lipinski definition) is 4. The summed E-state index contributed by atoms with van der Waals surface area (Å²) in [5, 5.41) is 3.78. The molecular formula is C15H16F2N2O2S. The van der Waals surface area contributed by atoms with Gasteiger partial charge in [0.15, 0.2) is 0 Å². The lowest BCUT2D eigenvalue weighted by atomic mass is 10.0. The molecule has 0 radical (unpaired) electrons. The molecule has 2 aromatic heterocycles. The van der Waals surface area contributed by atoms with E-state index in [9.17, 15) is 13.6 Å². The fourth-order valence-corrected chi connectivity index (χ4v) is 4.03. The molecule has 118 valence electrons. The van der Waals surface area contributed by atoms with Crippen LogP contribution in [0.15, 0.2) is 16.7 Å². The number of alkyl halides is 2. The van der Waals surface area contributed by atoms with Gasteiger partial charge in [0.05, 0.1) is 10.9 Å². The molecule has 1 fully saturated rings. The molecule has 4 nitrogen and oxygen atoms in total. The first-order valence-electron chi connectivity index (χ1n) is 7.17. The number of likely N-dealkylation sites (tertiary alicyclic amines) is 1. The van der Waals surface area contributed by atoms with Gasteiger partial charge in [-0.3, -0.25) is 4.79 Å². The van der Waals surface area contributed by atoms with Crippen molar-refractivity contribution in [2.75, 3.05) is 6.54 Å². The van der Waals surface area contributed by atoms with Crippen LogP contribution in [0.5, 0.6) is 0 Å². The zero-order chi connectivity index (χ0) is 15.7. The van der Waals surface area contributed by atoms with Gasteiger partial charge in [0.2, 0.25) is 12.2 Å². The van der Waals surface area contributed by atoms with Crippen LogP contribution in [-0.2, 0) is 4.79 Å². The first kappa shape index (κ1) is 15.1. The van der Waals surface area contributed by atoms with Crippen molar-refractivity contribution in [2.45, 2.75) is 38.7 Å². The Morgan fingerprint density at radius 1 is 1.45 bits per heavy atom. The lowest BCUT2D eigenvalue weighted by Gasteiger charge is -2.31. The summed E-state index contributed by atoms with van der Waals surface area (Å²) in [5.41, 5.74) is 0.833. The monoisotopic (exact) mass is 326 g/mol. The Morgan fingerprint density at radius 3 is 2.95 bits per heavy atom. The third-order valence-corrected chi connectivity index (χ3v) is 5.22. The van der Waals surface area contributed by atoms with E-state index in [1.807, 2.05) is 12.1 Å². The van der Waals surface area contributed by atoms with E-state index in [1.54, 1.807) is 11.8 Å². The van der Waals surface area contributed by atoms with Gasteiger partial charge in [0, 0.05) is 17.0 Å². The van der Waals surface area contributed by atoms with E-state index in [0.29, 0.717) is 11.3 Å². The Labute approximate surface area is 130 Å². The van der Waals surface area contributed by atoms with Gasteiger partial charge in [-0.2, -0.15) is 0 Å². The molecule has 1 atom stereocenters. The molecule has 2 aromatic rings. The molecule has 1 unspecified atom stereocenters. The summed E-state index contributed by atoms with van der Waals surface area (Å²) in [7, 11) is 0. The van der Waals surface area contributed by atoms with Crippen molar-refractivity contribution < 1.29 is 18.1 Å². The van der Waals surface area contributed by atoms with Gasteiger partial charge in [0.1, 0.15) is 5.69 Å². The third-order valence-electron chi connectivity index (χ3n) is 4.03. The van der Waals surface area contributed by atoms with Crippen LogP contribution in [0.2, 0.25) is 0 Å². The highest BCUT2D eigenvalue weighted by Crippen LogP contribution is 2.39. The topological polar surface area (TPSA) is 46.3 Å². The van der Waals surface area contributed by atoms with Crippen LogP contribution in [0.4, 0.5) is 8.78 Å². The number of piperidine rings is 1. The van der Waals surface area contributed by atoms with Crippen LogP contribution in [0, 0.1) is 6.92 Å². The molecule has 22 heavy (non-hydrogen) atoms. The fourth-order valence-electron chi connectivity index (χ4n) is 2.83. The van der Waals surface area contributed by atoms with Gasteiger partial charge in [-0.15, -0.1) is 11.3 Å². The summed E-state index contributed by atoms with van der Waals surface area (Å²) in [6.45, 7) is 2.35. The molecule has 1 saturated heterocycles. The molecule has 0 bridgehead atoms. The smallest absolute Gasteiger partial charge is 0.298 e. The fraction of sp³-hybridized carbons (Fsp3) is 0.467. The predicted molar refractivity (Wildman–Crippen MR) is 78.9 cm³/mol. The molecule has 0 aliphatic carbocycles. The Kier molecular flexibility index (Phi) is 4.24. The Balaban J connectivity index is 1.89. The normalized spacial score (nSPS) is 18.9. The second kappa shape index (κ2) is 6.16. The van der Waals surface area contributed by atoms with Crippen LogP contribution < -0.4 is 0 Å². The summed E-state index contributed by atoms with van der Waals surface area (Å²) >= 11 is 1.48. The minimum Gasteiger partial charge on any atom is -0.354 e. The number of halogens is 2.